The summed E-state index contributed by atoms with van der Waals surface area (Å²) in [6.45, 7) is 6.23. The molecule has 0 aromatic heterocycles. The molecule has 156 valence electrons. The van der Waals surface area contributed by atoms with Crippen LogP contribution in [-0.4, -0.2) is 42.4 Å². The number of methoxy groups -OCH3 is 1. The first-order valence-electron chi connectivity index (χ1n) is 9.09. The SMILES string of the molecule is C=CCc1ccc(OCCCNCc2ccccc2)c(OC)c1.O=C(O)C(=O)O. The zero-order valence-corrected chi connectivity index (χ0v) is 16.5. The van der Waals surface area contributed by atoms with Crippen LogP contribution < -0.4 is 14.8 Å². The fraction of sp³-hybridized carbons (Fsp3) is 0.273. The Morgan fingerprint density at radius 2 is 1.72 bits per heavy atom. The van der Waals surface area contributed by atoms with Crippen LogP contribution in [-0.2, 0) is 22.6 Å². The maximum atomic E-state index is 9.10. The molecule has 0 saturated heterocycles. The zero-order chi connectivity index (χ0) is 21.5. The molecule has 0 aliphatic carbocycles. The number of allylic oxidation sites excluding steroid dienone is 1. The second-order valence-corrected chi connectivity index (χ2v) is 5.95. The highest BCUT2D eigenvalue weighted by molar-refractivity contribution is 6.27. The topological polar surface area (TPSA) is 105 Å². The summed E-state index contributed by atoms with van der Waals surface area (Å²) in [4.78, 5) is 18.2. The summed E-state index contributed by atoms with van der Waals surface area (Å²) < 4.78 is 11.2. The Hall–Kier alpha value is -3.32. The number of nitrogens with one attached hydrogen (secondary N) is 1. The van der Waals surface area contributed by atoms with Crippen molar-refractivity contribution < 1.29 is 29.3 Å². The van der Waals surface area contributed by atoms with Gasteiger partial charge in [-0.2, -0.15) is 0 Å². The first-order valence-corrected chi connectivity index (χ1v) is 9.09. The molecular weight excluding hydrogens is 374 g/mol. The van der Waals surface area contributed by atoms with E-state index in [2.05, 4.69) is 36.2 Å². The number of hydrogen-bond donors (Lipinski definition) is 3. The first kappa shape index (κ1) is 23.7. The number of carboxylic acids is 2. The van der Waals surface area contributed by atoms with Crippen molar-refractivity contribution in [3.63, 3.8) is 0 Å². The van der Waals surface area contributed by atoms with Gasteiger partial charge in [-0.1, -0.05) is 42.5 Å². The van der Waals surface area contributed by atoms with Crippen molar-refractivity contribution in [2.75, 3.05) is 20.3 Å². The Balaban J connectivity index is 0.000000612. The monoisotopic (exact) mass is 401 g/mol. The molecule has 2 aromatic carbocycles. The van der Waals surface area contributed by atoms with Crippen molar-refractivity contribution >= 4 is 11.9 Å². The Morgan fingerprint density at radius 3 is 2.31 bits per heavy atom. The van der Waals surface area contributed by atoms with Gasteiger partial charge < -0.3 is 25.0 Å². The Kier molecular flexibility index (Phi) is 11.3. The molecule has 3 N–H and O–H groups in total. The molecule has 0 bridgehead atoms. The summed E-state index contributed by atoms with van der Waals surface area (Å²) in [6.07, 6.45) is 3.66. The highest BCUT2D eigenvalue weighted by atomic mass is 16.5. The minimum atomic E-state index is -1.82. The van der Waals surface area contributed by atoms with Gasteiger partial charge in [-0.05, 0) is 42.6 Å². The minimum absolute atomic E-state index is 0.666. The van der Waals surface area contributed by atoms with Gasteiger partial charge in [0.15, 0.2) is 11.5 Å². The first-order chi connectivity index (χ1) is 14.0. The lowest BCUT2D eigenvalue weighted by Crippen LogP contribution is -2.17. The van der Waals surface area contributed by atoms with Gasteiger partial charge in [0, 0.05) is 6.54 Å². The third kappa shape index (κ3) is 9.97. The van der Waals surface area contributed by atoms with Gasteiger partial charge in [0.1, 0.15) is 0 Å². The number of aliphatic carboxylic acids is 2. The van der Waals surface area contributed by atoms with Crippen molar-refractivity contribution in [1.29, 1.82) is 0 Å². The molecule has 0 spiro atoms. The van der Waals surface area contributed by atoms with Crippen LogP contribution in [0.3, 0.4) is 0 Å². The van der Waals surface area contributed by atoms with E-state index in [1.807, 2.05) is 30.3 Å². The molecule has 0 radical (unpaired) electrons. The fourth-order valence-corrected chi connectivity index (χ4v) is 2.33. The second kappa shape index (κ2) is 13.8. The predicted molar refractivity (Wildman–Crippen MR) is 110 cm³/mol. The summed E-state index contributed by atoms with van der Waals surface area (Å²) in [6, 6.07) is 16.4. The fourth-order valence-electron chi connectivity index (χ4n) is 2.33. The number of hydrogen-bond acceptors (Lipinski definition) is 5. The Labute approximate surface area is 170 Å². The van der Waals surface area contributed by atoms with E-state index in [0.29, 0.717) is 6.61 Å². The van der Waals surface area contributed by atoms with Crippen LogP contribution in [0.25, 0.3) is 0 Å². The molecule has 7 heteroatoms. The van der Waals surface area contributed by atoms with E-state index in [1.54, 1.807) is 7.11 Å². The van der Waals surface area contributed by atoms with E-state index >= 15 is 0 Å². The van der Waals surface area contributed by atoms with Gasteiger partial charge in [0.2, 0.25) is 0 Å². The maximum absolute atomic E-state index is 9.10. The number of benzene rings is 2. The van der Waals surface area contributed by atoms with Crippen molar-refractivity contribution in [1.82, 2.24) is 5.32 Å². The highest BCUT2D eigenvalue weighted by Gasteiger charge is 2.05. The van der Waals surface area contributed by atoms with Crippen molar-refractivity contribution in [3.05, 3.63) is 72.3 Å². The maximum Gasteiger partial charge on any atom is 0.414 e. The predicted octanol–water partition coefficient (Wildman–Crippen LogP) is 3.14. The lowest BCUT2D eigenvalue weighted by atomic mass is 10.1. The van der Waals surface area contributed by atoms with Gasteiger partial charge in [-0.25, -0.2) is 9.59 Å². The van der Waals surface area contributed by atoms with E-state index < -0.39 is 11.9 Å². The third-order valence-electron chi connectivity index (χ3n) is 3.72. The van der Waals surface area contributed by atoms with E-state index in [-0.39, 0.29) is 0 Å². The van der Waals surface area contributed by atoms with Crippen LogP contribution in [0.1, 0.15) is 17.5 Å². The number of rotatable bonds is 10. The summed E-state index contributed by atoms with van der Waals surface area (Å²) in [5.74, 6) is -2.07. The number of ether oxygens (including phenoxy) is 2. The highest BCUT2D eigenvalue weighted by Crippen LogP contribution is 2.28. The quantitative estimate of drug-likeness (QED) is 0.319. The summed E-state index contributed by atoms with van der Waals surface area (Å²) >= 11 is 0. The van der Waals surface area contributed by atoms with Crippen LogP contribution in [0.2, 0.25) is 0 Å². The summed E-state index contributed by atoms with van der Waals surface area (Å²) in [5, 5.41) is 18.2. The molecule has 0 aliphatic heterocycles. The van der Waals surface area contributed by atoms with Crippen LogP contribution in [0.5, 0.6) is 11.5 Å². The molecule has 0 saturated carbocycles. The normalized spacial score (nSPS) is 9.69. The lowest BCUT2D eigenvalue weighted by Gasteiger charge is -2.12. The van der Waals surface area contributed by atoms with Crippen LogP contribution in [0, 0.1) is 0 Å². The largest absolute Gasteiger partial charge is 0.493 e. The molecule has 2 aromatic rings. The van der Waals surface area contributed by atoms with Gasteiger partial charge in [0.25, 0.3) is 0 Å². The van der Waals surface area contributed by atoms with Crippen molar-refractivity contribution in [2.24, 2.45) is 0 Å². The van der Waals surface area contributed by atoms with E-state index in [9.17, 15) is 0 Å². The molecule has 0 unspecified atom stereocenters. The molecule has 2 rings (SSSR count). The average molecular weight is 401 g/mol. The van der Waals surface area contributed by atoms with E-state index in [4.69, 9.17) is 29.3 Å². The smallest absolute Gasteiger partial charge is 0.414 e. The Bertz CT molecular complexity index is 764. The molecule has 0 fully saturated rings. The van der Waals surface area contributed by atoms with E-state index in [0.717, 1.165) is 37.4 Å². The summed E-state index contributed by atoms with van der Waals surface area (Å²) in [7, 11) is 1.67. The van der Waals surface area contributed by atoms with Crippen LogP contribution >= 0.6 is 0 Å². The number of carbonyl (C=O) groups is 2. The molecular formula is C22H27NO6. The van der Waals surface area contributed by atoms with Crippen LogP contribution in [0.4, 0.5) is 0 Å². The number of carboxylic acid groups (broad SMARTS) is 2. The summed E-state index contributed by atoms with van der Waals surface area (Å²) in [5.41, 5.74) is 2.47. The Morgan fingerprint density at radius 1 is 1.03 bits per heavy atom. The molecule has 0 atom stereocenters. The molecule has 0 heterocycles. The third-order valence-corrected chi connectivity index (χ3v) is 3.72. The van der Waals surface area contributed by atoms with E-state index in [1.165, 1.54) is 11.1 Å². The van der Waals surface area contributed by atoms with Gasteiger partial charge in [-0.15, -0.1) is 6.58 Å². The van der Waals surface area contributed by atoms with Gasteiger partial charge in [-0.3, -0.25) is 0 Å². The molecule has 29 heavy (non-hydrogen) atoms. The minimum Gasteiger partial charge on any atom is -0.493 e. The lowest BCUT2D eigenvalue weighted by molar-refractivity contribution is -0.159. The van der Waals surface area contributed by atoms with Gasteiger partial charge in [0.05, 0.1) is 13.7 Å². The standard InChI is InChI=1S/C20H25NO2.C2H2O4/c1-3-8-17-11-12-19(20(15-17)22-2)23-14-7-13-21-16-18-9-5-4-6-10-18;3-1(4)2(5)6/h3-6,9-12,15,21H,1,7-8,13-14,16H2,2H3;(H,3,4)(H,5,6). The molecule has 0 aliphatic rings. The van der Waals surface area contributed by atoms with Crippen molar-refractivity contribution in [3.8, 4) is 11.5 Å². The molecule has 7 nitrogen and oxygen atoms in total. The second-order valence-electron chi connectivity index (χ2n) is 5.95. The van der Waals surface area contributed by atoms with Crippen LogP contribution in [0.15, 0.2) is 61.2 Å². The average Bonchev–Trinajstić information content (AvgIpc) is 2.72. The van der Waals surface area contributed by atoms with Gasteiger partial charge >= 0.3 is 11.9 Å². The van der Waals surface area contributed by atoms with Crippen molar-refractivity contribution in [2.45, 2.75) is 19.4 Å². The molecule has 0 amide bonds. The zero-order valence-electron chi connectivity index (χ0n) is 16.5.